The molecule has 1 aliphatic rings. The van der Waals surface area contributed by atoms with Crippen molar-refractivity contribution < 1.29 is 10.3 Å². The lowest BCUT2D eigenvalue weighted by atomic mass is 9.74. The highest BCUT2D eigenvalue weighted by Gasteiger charge is 2.33. The third-order valence-corrected chi connectivity index (χ3v) is 5.49. The molecule has 1 atom stereocenters. The summed E-state index contributed by atoms with van der Waals surface area (Å²) in [5, 5.41) is 22.6. The van der Waals surface area contributed by atoms with Gasteiger partial charge in [0.25, 0.3) is 0 Å². The quantitative estimate of drug-likeness (QED) is 0.436. The first-order valence-corrected chi connectivity index (χ1v) is 9.07. The molecular formula is C20H22BrNO2. The average molecular weight is 388 g/mol. The molecule has 0 heterocycles. The standard InChI is InChI=1S/C20H22BrNO2/c1-13-4-2-3-5-18(13)19(14-6-8-16(21)9-7-14)12-20(22-24)15-10-17(23)11-15/h2-9,15,17,19,23-24H,10-12H2,1H3/b22-20+. The molecule has 0 aromatic heterocycles. The minimum atomic E-state index is -0.253. The zero-order valence-electron chi connectivity index (χ0n) is 13.7. The number of nitrogens with zero attached hydrogens (tertiary/aromatic N) is 1. The third kappa shape index (κ3) is 3.70. The van der Waals surface area contributed by atoms with E-state index in [9.17, 15) is 10.3 Å². The highest BCUT2D eigenvalue weighted by molar-refractivity contribution is 9.10. The summed E-state index contributed by atoms with van der Waals surface area (Å²) in [6.45, 7) is 2.12. The molecule has 2 N–H and O–H groups in total. The van der Waals surface area contributed by atoms with Crippen LogP contribution in [0.2, 0.25) is 0 Å². The van der Waals surface area contributed by atoms with E-state index < -0.39 is 0 Å². The second-order valence-electron chi connectivity index (χ2n) is 6.58. The molecule has 1 unspecified atom stereocenters. The lowest BCUT2D eigenvalue weighted by Crippen LogP contribution is -2.35. The minimum Gasteiger partial charge on any atom is -0.411 e. The molecular weight excluding hydrogens is 366 g/mol. The first kappa shape index (κ1) is 17.2. The van der Waals surface area contributed by atoms with Crippen LogP contribution >= 0.6 is 15.9 Å². The first-order chi connectivity index (χ1) is 11.6. The van der Waals surface area contributed by atoms with Gasteiger partial charge >= 0.3 is 0 Å². The Balaban J connectivity index is 1.93. The number of rotatable bonds is 5. The van der Waals surface area contributed by atoms with Gasteiger partial charge in [0.1, 0.15) is 0 Å². The lowest BCUT2D eigenvalue weighted by molar-refractivity contribution is 0.0680. The van der Waals surface area contributed by atoms with Gasteiger partial charge in [-0.15, -0.1) is 0 Å². The van der Waals surface area contributed by atoms with E-state index in [1.54, 1.807) is 0 Å². The van der Waals surface area contributed by atoms with Gasteiger partial charge in [0, 0.05) is 22.7 Å². The predicted octanol–water partition coefficient (Wildman–Crippen LogP) is 4.88. The maximum Gasteiger partial charge on any atom is 0.0613 e. The largest absolute Gasteiger partial charge is 0.411 e. The van der Waals surface area contributed by atoms with Crippen molar-refractivity contribution in [2.75, 3.05) is 0 Å². The van der Waals surface area contributed by atoms with Crippen LogP contribution in [0.3, 0.4) is 0 Å². The van der Waals surface area contributed by atoms with E-state index in [1.165, 1.54) is 16.7 Å². The fraction of sp³-hybridized carbons (Fsp3) is 0.350. The van der Waals surface area contributed by atoms with E-state index in [0.717, 1.165) is 10.2 Å². The lowest BCUT2D eigenvalue weighted by Gasteiger charge is -2.33. The molecule has 126 valence electrons. The normalized spacial score (nSPS) is 22.0. The number of aliphatic hydroxyl groups is 1. The summed E-state index contributed by atoms with van der Waals surface area (Å²) in [6.07, 6.45) is 1.80. The van der Waals surface area contributed by atoms with Gasteiger partial charge in [-0.05, 0) is 48.6 Å². The SMILES string of the molecule is Cc1ccccc1C(C/C(=N\O)C1CC(O)C1)c1ccc(Br)cc1. The van der Waals surface area contributed by atoms with Gasteiger partial charge in [0.15, 0.2) is 0 Å². The maximum atomic E-state index is 9.56. The summed E-state index contributed by atoms with van der Waals surface area (Å²) < 4.78 is 1.05. The van der Waals surface area contributed by atoms with Crippen LogP contribution in [-0.2, 0) is 0 Å². The smallest absolute Gasteiger partial charge is 0.0613 e. The molecule has 1 fully saturated rings. The highest BCUT2D eigenvalue weighted by atomic mass is 79.9. The monoisotopic (exact) mass is 387 g/mol. The summed E-state index contributed by atoms with van der Waals surface area (Å²) in [4.78, 5) is 0. The summed E-state index contributed by atoms with van der Waals surface area (Å²) in [6, 6.07) is 16.7. The molecule has 0 amide bonds. The van der Waals surface area contributed by atoms with Crippen molar-refractivity contribution in [2.45, 2.75) is 38.2 Å². The van der Waals surface area contributed by atoms with Gasteiger partial charge in [-0.3, -0.25) is 0 Å². The second-order valence-corrected chi connectivity index (χ2v) is 7.49. The number of aryl methyl sites for hydroxylation is 1. The molecule has 2 aromatic rings. The first-order valence-electron chi connectivity index (χ1n) is 8.28. The van der Waals surface area contributed by atoms with E-state index in [0.29, 0.717) is 19.3 Å². The highest BCUT2D eigenvalue weighted by Crippen LogP contribution is 2.36. The fourth-order valence-electron chi connectivity index (χ4n) is 3.44. The Labute approximate surface area is 151 Å². The van der Waals surface area contributed by atoms with Crippen LogP contribution in [0.25, 0.3) is 0 Å². The molecule has 0 saturated heterocycles. The van der Waals surface area contributed by atoms with E-state index in [1.807, 2.05) is 18.2 Å². The Morgan fingerprint density at radius 2 is 1.83 bits per heavy atom. The average Bonchev–Trinajstić information content (AvgIpc) is 2.56. The van der Waals surface area contributed by atoms with Crippen molar-refractivity contribution in [1.82, 2.24) is 0 Å². The van der Waals surface area contributed by atoms with Crippen molar-refractivity contribution in [3.8, 4) is 0 Å². The van der Waals surface area contributed by atoms with Crippen LogP contribution < -0.4 is 0 Å². The number of hydrogen-bond acceptors (Lipinski definition) is 3. The molecule has 3 nitrogen and oxygen atoms in total. The minimum absolute atomic E-state index is 0.142. The van der Waals surface area contributed by atoms with Crippen LogP contribution in [0.5, 0.6) is 0 Å². The molecule has 3 rings (SSSR count). The number of oxime groups is 1. The van der Waals surface area contributed by atoms with E-state index in [4.69, 9.17) is 0 Å². The molecule has 0 spiro atoms. The Morgan fingerprint density at radius 1 is 1.17 bits per heavy atom. The zero-order chi connectivity index (χ0) is 17.1. The summed E-state index contributed by atoms with van der Waals surface area (Å²) >= 11 is 3.49. The molecule has 0 radical (unpaired) electrons. The maximum absolute atomic E-state index is 9.56. The van der Waals surface area contributed by atoms with Gasteiger partial charge in [0.2, 0.25) is 0 Å². The molecule has 2 aromatic carbocycles. The summed E-state index contributed by atoms with van der Waals surface area (Å²) in [5.74, 6) is 0.329. The Morgan fingerprint density at radius 3 is 2.42 bits per heavy atom. The third-order valence-electron chi connectivity index (χ3n) is 4.96. The van der Waals surface area contributed by atoms with Crippen LogP contribution in [0, 0.1) is 12.8 Å². The van der Waals surface area contributed by atoms with E-state index in [2.05, 4.69) is 58.3 Å². The van der Waals surface area contributed by atoms with Gasteiger partial charge in [-0.1, -0.05) is 57.5 Å². The molecule has 1 saturated carbocycles. The number of benzene rings is 2. The Kier molecular flexibility index (Phi) is 5.36. The number of aliphatic hydroxyl groups excluding tert-OH is 1. The molecule has 1 aliphatic carbocycles. The van der Waals surface area contributed by atoms with Crippen LogP contribution in [-0.4, -0.2) is 22.1 Å². The second kappa shape index (κ2) is 7.49. The summed E-state index contributed by atoms with van der Waals surface area (Å²) in [7, 11) is 0. The molecule has 0 bridgehead atoms. The van der Waals surface area contributed by atoms with Crippen molar-refractivity contribution in [2.24, 2.45) is 11.1 Å². The van der Waals surface area contributed by atoms with E-state index in [-0.39, 0.29) is 17.9 Å². The van der Waals surface area contributed by atoms with Crippen LogP contribution in [0.4, 0.5) is 0 Å². The van der Waals surface area contributed by atoms with Crippen LogP contribution in [0.15, 0.2) is 58.2 Å². The van der Waals surface area contributed by atoms with Gasteiger partial charge in [-0.2, -0.15) is 0 Å². The topological polar surface area (TPSA) is 52.8 Å². The fourth-order valence-corrected chi connectivity index (χ4v) is 3.70. The Bertz CT molecular complexity index is 721. The zero-order valence-corrected chi connectivity index (χ0v) is 15.3. The predicted molar refractivity (Wildman–Crippen MR) is 99.7 cm³/mol. The van der Waals surface area contributed by atoms with Crippen LogP contribution in [0.1, 0.15) is 41.9 Å². The van der Waals surface area contributed by atoms with Crippen molar-refractivity contribution >= 4 is 21.6 Å². The van der Waals surface area contributed by atoms with E-state index >= 15 is 0 Å². The molecule has 4 heteroatoms. The van der Waals surface area contributed by atoms with Crippen molar-refractivity contribution in [1.29, 1.82) is 0 Å². The van der Waals surface area contributed by atoms with Crippen molar-refractivity contribution in [3.05, 3.63) is 69.7 Å². The van der Waals surface area contributed by atoms with Gasteiger partial charge in [-0.25, -0.2) is 0 Å². The van der Waals surface area contributed by atoms with Crippen molar-refractivity contribution in [3.63, 3.8) is 0 Å². The molecule has 24 heavy (non-hydrogen) atoms. The Hall–Kier alpha value is -1.65. The summed E-state index contributed by atoms with van der Waals surface area (Å²) in [5.41, 5.74) is 4.47. The number of hydrogen-bond donors (Lipinski definition) is 2. The van der Waals surface area contributed by atoms with Gasteiger partial charge < -0.3 is 10.3 Å². The van der Waals surface area contributed by atoms with Gasteiger partial charge in [0.05, 0.1) is 11.8 Å². The number of halogens is 1. The molecule has 0 aliphatic heterocycles.